The first-order valence-corrected chi connectivity index (χ1v) is 6.69. The van der Waals surface area contributed by atoms with Gasteiger partial charge < -0.3 is 5.32 Å². The second kappa shape index (κ2) is 5.63. The molecule has 1 aliphatic carbocycles. The highest BCUT2D eigenvalue weighted by molar-refractivity contribution is 9.10. The molecule has 0 radical (unpaired) electrons. The van der Waals surface area contributed by atoms with Gasteiger partial charge in [0.05, 0.1) is 4.47 Å². The van der Waals surface area contributed by atoms with Crippen molar-refractivity contribution in [3.05, 3.63) is 34.1 Å². The molecule has 0 spiro atoms. The van der Waals surface area contributed by atoms with Crippen LogP contribution in [0.25, 0.3) is 0 Å². The van der Waals surface area contributed by atoms with Crippen LogP contribution in [0.2, 0.25) is 0 Å². The number of benzene rings is 1. The van der Waals surface area contributed by atoms with E-state index in [4.69, 9.17) is 0 Å². The third kappa shape index (κ3) is 3.80. The second-order valence-corrected chi connectivity index (χ2v) is 5.32. The molecule has 4 heteroatoms. The molecule has 0 atom stereocenters. The Bertz CT molecular complexity index is 418. The number of carbonyl (C=O) groups excluding carboxylic acids is 1. The predicted molar refractivity (Wildman–Crippen MR) is 68.4 cm³/mol. The van der Waals surface area contributed by atoms with Gasteiger partial charge in [0.1, 0.15) is 5.82 Å². The molecule has 1 fully saturated rings. The van der Waals surface area contributed by atoms with E-state index in [0.29, 0.717) is 16.6 Å². The minimum atomic E-state index is -0.352. The van der Waals surface area contributed by atoms with E-state index in [9.17, 15) is 9.18 Å². The van der Waals surface area contributed by atoms with E-state index in [1.54, 1.807) is 0 Å². The van der Waals surface area contributed by atoms with Gasteiger partial charge in [0.2, 0.25) is 0 Å². The van der Waals surface area contributed by atoms with Crippen LogP contribution in [0.4, 0.5) is 4.39 Å². The van der Waals surface area contributed by atoms with Gasteiger partial charge in [0.15, 0.2) is 0 Å². The van der Waals surface area contributed by atoms with Crippen LogP contribution in [-0.4, -0.2) is 12.5 Å². The van der Waals surface area contributed by atoms with Crippen molar-refractivity contribution in [2.24, 2.45) is 5.92 Å². The van der Waals surface area contributed by atoms with Gasteiger partial charge in [0.25, 0.3) is 5.91 Å². The first kappa shape index (κ1) is 12.6. The minimum Gasteiger partial charge on any atom is -0.352 e. The summed E-state index contributed by atoms with van der Waals surface area (Å²) in [7, 11) is 0. The Hall–Kier alpha value is -0.900. The van der Waals surface area contributed by atoms with Crippen LogP contribution < -0.4 is 5.32 Å². The predicted octanol–water partition coefficient (Wildman–Crippen LogP) is 3.51. The van der Waals surface area contributed by atoms with Gasteiger partial charge in [-0.2, -0.15) is 0 Å². The molecule has 0 heterocycles. The fraction of sp³-hybridized carbons (Fsp3) is 0.462. The lowest BCUT2D eigenvalue weighted by Crippen LogP contribution is -2.24. The lowest BCUT2D eigenvalue weighted by atomic mass is 10.2. The fourth-order valence-electron chi connectivity index (χ4n) is 1.74. The van der Waals surface area contributed by atoms with Gasteiger partial charge in [-0.1, -0.05) is 12.8 Å². The number of hydrogen-bond donors (Lipinski definition) is 1. The molecular formula is C13H15BrFNO. The summed E-state index contributed by atoms with van der Waals surface area (Å²) in [6.07, 6.45) is 4.92. The van der Waals surface area contributed by atoms with Crippen molar-refractivity contribution in [2.45, 2.75) is 25.7 Å². The summed E-state index contributed by atoms with van der Waals surface area (Å²) >= 11 is 3.07. The highest BCUT2D eigenvalue weighted by Gasteiger charge is 2.20. The number of carbonyl (C=O) groups is 1. The van der Waals surface area contributed by atoms with Crippen LogP contribution in [-0.2, 0) is 0 Å². The smallest absolute Gasteiger partial charge is 0.251 e. The normalized spacial score (nSPS) is 14.7. The summed E-state index contributed by atoms with van der Waals surface area (Å²) in [6.45, 7) is 0.699. The van der Waals surface area contributed by atoms with Gasteiger partial charge in [-0.3, -0.25) is 4.79 Å². The van der Waals surface area contributed by atoms with Crippen molar-refractivity contribution < 1.29 is 9.18 Å². The van der Waals surface area contributed by atoms with Gasteiger partial charge in [-0.15, -0.1) is 0 Å². The molecule has 0 unspecified atom stereocenters. The molecule has 0 bridgehead atoms. The van der Waals surface area contributed by atoms with Crippen LogP contribution in [0, 0.1) is 11.7 Å². The Kier molecular flexibility index (Phi) is 4.15. The van der Waals surface area contributed by atoms with Gasteiger partial charge in [-0.05, 0) is 52.9 Å². The molecule has 1 saturated carbocycles. The van der Waals surface area contributed by atoms with Crippen LogP contribution in [0.15, 0.2) is 22.7 Å². The minimum absolute atomic E-state index is 0.138. The summed E-state index contributed by atoms with van der Waals surface area (Å²) in [5.74, 6) is 0.406. The first-order chi connectivity index (χ1) is 8.16. The van der Waals surface area contributed by atoms with Crippen LogP contribution in [0.1, 0.15) is 36.0 Å². The van der Waals surface area contributed by atoms with E-state index >= 15 is 0 Å². The lowest BCUT2D eigenvalue weighted by molar-refractivity contribution is 0.0952. The lowest BCUT2D eigenvalue weighted by Gasteiger charge is -2.05. The molecule has 0 saturated heterocycles. The molecule has 2 nitrogen and oxygen atoms in total. The average molecular weight is 300 g/mol. The molecule has 1 aromatic rings. The molecule has 2 rings (SSSR count). The number of halogens is 2. The number of hydrogen-bond acceptors (Lipinski definition) is 1. The number of rotatable bonds is 5. The zero-order chi connectivity index (χ0) is 12.3. The van der Waals surface area contributed by atoms with Crippen molar-refractivity contribution in [3.63, 3.8) is 0 Å². The monoisotopic (exact) mass is 299 g/mol. The summed E-state index contributed by atoms with van der Waals surface area (Å²) in [4.78, 5) is 11.7. The standard InChI is InChI=1S/C13H15BrFNO/c14-11-8-10(5-6-12(11)15)13(17)16-7-1-2-9-3-4-9/h5-6,8-9H,1-4,7H2,(H,16,17). The largest absolute Gasteiger partial charge is 0.352 e. The average Bonchev–Trinajstić information content (AvgIpc) is 3.12. The quantitative estimate of drug-likeness (QED) is 0.828. The van der Waals surface area contributed by atoms with E-state index in [1.165, 1.54) is 37.5 Å². The molecule has 92 valence electrons. The van der Waals surface area contributed by atoms with Crippen molar-refractivity contribution >= 4 is 21.8 Å². The Morgan fingerprint density at radius 1 is 1.47 bits per heavy atom. The number of amides is 1. The van der Waals surface area contributed by atoms with Crippen molar-refractivity contribution in [1.29, 1.82) is 0 Å². The molecule has 1 aliphatic rings. The van der Waals surface area contributed by atoms with Crippen molar-refractivity contribution in [1.82, 2.24) is 5.32 Å². The zero-order valence-electron chi connectivity index (χ0n) is 9.51. The number of nitrogens with one attached hydrogen (secondary N) is 1. The highest BCUT2D eigenvalue weighted by Crippen LogP contribution is 2.33. The third-order valence-electron chi connectivity index (χ3n) is 2.95. The zero-order valence-corrected chi connectivity index (χ0v) is 11.1. The first-order valence-electron chi connectivity index (χ1n) is 5.90. The molecule has 1 N–H and O–H groups in total. The fourth-order valence-corrected chi connectivity index (χ4v) is 2.12. The van der Waals surface area contributed by atoms with E-state index in [0.717, 1.165) is 12.3 Å². The van der Waals surface area contributed by atoms with E-state index in [-0.39, 0.29) is 11.7 Å². The summed E-state index contributed by atoms with van der Waals surface area (Å²) in [6, 6.07) is 4.30. The third-order valence-corrected chi connectivity index (χ3v) is 3.56. The van der Waals surface area contributed by atoms with E-state index < -0.39 is 0 Å². The van der Waals surface area contributed by atoms with E-state index in [2.05, 4.69) is 21.2 Å². The molecule has 0 aliphatic heterocycles. The van der Waals surface area contributed by atoms with Crippen molar-refractivity contribution in [3.8, 4) is 0 Å². The Morgan fingerprint density at radius 2 is 2.24 bits per heavy atom. The van der Waals surface area contributed by atoms with Crippen LogP contribution in [0.3, 0.4) is 0 Å². The Morgan fingerprint density at radius 3 is 2.88 bits per heavy atom. The molecule has 1 aromatic carbocycles. The van der Waals surface area contributed by atoms with Gasteiger partial charge >= 0.3 is 0 Å². The molecule has 17 heavy (non-hydrogen) atoms. The summed E-state index contributed by atoms with van der Waals surface area (Å²) in [5, 5.41) is 2.85. The maximum absolute atomic E-state index is 13.0. The molecule has 0 aromatic heterocycles. The molecule has 1 amide bonds. The summed E-state index contributed by atoms with van der Waals surface area (Å²) in [5.41, 5.74) is 0.490. The Labute approximate surface area is 109 Å². The second-order valence-electron chi connectivity index (χ2n) is 4.47. The highest BCUT2D eigenvalue weighted by atomic mass is 79.9. The van der Waals surface area contributed by atoms with Crippen LogP contribution in [0.5, 0.6) is 0 Å². The Balaban J connectivity index is 1.79. The SMILES string of the molecule is O=C(NCCCC1CC1)c1ccc(F)c(Br)c1. The summed E-state index contributed by atoms with van der Waals surface area (Å²) < 4.78 is 13.3. The van der Waals surface area contributed by atoms with Crippen molar-refractivity contribution in [2.75, 3.05) is 6.54 Å². The van der Waals surface area contributed by atoms with Crippen LogP contribution >= 0.6 is 15.9 Å². The maximum Gasteiger partial charge on any atom is 0.251 e. The topological polar surface area (TPSA) is 29.1 Å². The molecular weight excluding hydrogens is 285 g/mol. The van der Waals surface area contributed by atoms with Gasteiger partial charge in [0, 0.05) is 12.1 Å². The van der Waals surface area contributed by atoms with Gasteiger partial charge in [-0.25, -0.2) is 4.39 Å². The van der Waals surface area contributed by atoms with E-state index in [1.807, 2.05) is 0 Å². The maximum atomic E-state index is 13.0.